The Balaban J connectivity index is 1.79. The van der Waals surface area contributed by atoms with Gasteiger partial charge in [-0.3, -0.25) is 9.59 Å². The molecule has 1 saturated heterocycles. The molecule has 6 nitrogen and oxygen atoms in total. The van der Waals surface area contributed by atoms with E-state index in [1.54, 1.807) is 29.2 Å². The van der Waals surface area contributed by atoms with E-state index in [9.17, 15) is 18.0 Å². The number of likely N-dealkylation sites (tertiary alicyclic amines) is 1. The van der Waals surface area contributed by atoms with Crippen LogP contribution in [0.5, 0.6) is 0 Å². The fourth-order valence-electron chi connectivity index (χ4n) is 3.49. The molecule has 1 aliphatic heterocycles. The first kappa shape index (κ1) is 21.0. The van der Waals surface area contributed by atoms with E-state index in [1.807, 2.05) is 30.9 Å². The maximum Gasteiger partial charge on any atom is 0.258 e. The summed E-state index contributed by atoms with van der Waals surface area (Å²) in [5.74, 6) is 0.0181. The highest BCUT2D eigenvalue weighted by molar-refractivity contribution is 7.90. The largest absolute Gasteiger partial charge is 0.338 e. The van der Waals surface area contributed by atoms with E-state index >= 15 is 0 Å². The Labute approximate surface area is 172 Å². The summed E-state index contributed by atoms with van der Waals surface area (Å²) in [6, 6.07) is 13.6. The number of sulfone groups is 1. The van der Waals surface area contributed by atoms with Crippen LogP contribution in [0.15, 0.2) is 53.4 Å². The van der Waals surface area contributed by atoms with Crippen LogP contribution >= 0.6 is 0 Å². The second kappa shape index (κ2) is 8.37. The zero-order chi connectivity index (χ0) is 21.2. The van der Waals surface area contributed by atoms with Crippen LogP contribution in [-0.4, -0.2) is 44.0 Å². The quantitative estimate of drug-likeness (QED) is 0.727. The van der Waals surface area contributed by atoms with Crippen LogP contribution in [0.4, 0.5) is 5.69 Å². The molecule has 0 unspecified atom stereocenters. The number of rotatable bonds is 6. The molecule has 0 N–H and O–H groups in total. The predicted molar refractivity (Wildman–Crippen MR) is 113 cm³/mol. The Morgan fingerprint density at radius 3 is 2.17 bits per heavy atom. The number of amides is 2. The number of carbonyl (C=O) groups excluding carboxylic acids is 2. The van der Waals surface area contributed by atoms with Gasteiger partial charge in [-0.15, -0.1) is 0 Å². The average Bonchev–Trinajstić information content (AvgIpc) is 3.06. The van der Waals surface area contributed by atoms with Gasteiger partial charge in [0.2, 0.25) is 5.91 Å². The maximum atomic E-state index is 13.1. The van der Waals surface area contributed by atoms with E-state index < -0.39 is 9.84 Å². The van der Waals surface area contributed by atoms with Gasteiger partial charge in [0.1, 0.15) is 0 Å². The molecule has 0 bridgehead atoms. The van der Waals surface area contributed by atoms with Crippen molar-refractivity contribution in [3.05, 3.63) is 59.7 Å². The normalized spacial score (nSPS) is 14.5. The van der Waals surface area contributed by atoms with Crippen molar-refractivity contribution < 1.29 is 18.0 Å². The van der Waals surface area contributed by atoms with Gasteiger partial charge in [0.15, 0.2) is 9.84 Å². The highest BCUT2D eigenvalue weighted by atomic mass is 32.2. The molecule has 0 saturated carbocycles. The van der Waals surface area contributed by atoms with Crippen molar-refractivity contribution in [3.8, 4) is 0 Å². The van der Waals surface area contributed by atoms with Gasteiger partial charge in [-0.2, -0.15) is 0 Å². The van der Waals surface area contributed by atoms with Gasteiger partial charge < -0.3 is 9.80 Å². The summed E-state index contributed by atoms with van der Waals surface area (Å²) in [4.78, 5) is 28.6. The molecule has 29 heavy (non-hydrogen) atoms. The van der Waals surface area contributed by atoms with Crippen molar-refractivity contribution in [1.29, 1.82) is 0 Å². The third kappa shape index (κ3) is 4.85. The molecule has 7 heteroatoms. The van der Waals surface area contributed by atoms with Crippen molar-refractivity contribution in [2.24, 2.45) is 0 Å². The van der Waals surface area contributed by atoms with E-state index in [0.717, 1.165) is 24.8 Å². The Bertz CT molecular complexity index is 996. The lowest BCUT2D eigenvalue weighted by Crippen LogP contribution is -2.37. The highest BCUT2D eigenvalue weighted by Crippen LogP contribution is 2.23. The number of nitrogens with zero attached hydrogens (tertiary/aromatic N) is 2. The molecule has 0 radical (unpaired) electrons. The van der Waals surface area contributed by atoms with Crippen molar-refractivity contribution in [1.82, 2.24) is 4.90 Å². The molecule has 2 aromatic carbocycles. The maximum absolute atomic E-state index is 13.1. The summed E-state index contributed by atoms with van der Waals surface area (Å²) in [5.41, 5.74) is 2.18. The van der Waals surface area contributed by atoms with Crippen LogP contribution < -0.4 is 4.90 Å². The fourth-order valence-corrected chi connectivity index (χ4v) is 4.12. The molecule has 0 atom stereocenters. The van der Waals surface area contributed by atoms with Crippen LogP contribution in [0.1, 0.15) is 42.6 Å². The standard InChI is InChI=1S/C22H26N2O4S/c1-16(2)24(19-10-12-20(13-11-19)29(3,27)28)22(26)18-8-6-17(7-9-18)15-23-14-4-5-21(23)25/h6-13,16H,4-5,14-15H2,1-3H3. The van der Waals surface area contributed by atoms with Crippen molar-refractivity contribution in [3.63, 3.8) is 0 Å². The minimum absolute atomic E-state index is 0.103. The van der Waals surface area contributed by atoms with E-state index in [2.05, 4.69) is 0 Å². The second-order valence-electron chi connectivity index (χ2n) is 7.65. The number of benzene rings is 2. The first-order chi connectivity index (χ1) is 13.7. The summed E-state index contributed by atoms with van der Waals surface area (Å²) in [6.07, 6.45) is 2.67. The van der Waals surface area contributed by atoms with Crippen LogP contribution in [0, 0.1) is 0 Å². The summed E-state index contributed by atoms with van der Waals surface area (Å²) in [7, 11) is -3.29. The van der Waals surface area contributed by atoms with E-state index in [-0.39, 0.29) is 22.8 Å². The first-order valence-electron chi connectivity index (χ1n) is 9.67. The number of hydrogen-bond acceptors (Lipinski definition) is 4. The van der Waals surface area contributed by atoms with Gasteiger partial charge in [0.05, 0.1) is 4.90 Å². The number of anilines is 1. The third-order valence-electron chi connectivity index (χ3n) is 5.02. The summed E-state index contributed by atoms with van der Waals surface area (Å²) >= 11 is 0. The zero-order valence-electron chi connectivity index (χ0n) is 17.0. The molecule has 3 rings (SSSR count). The number of carbonyl (C=O) groups is 2. The van der Waals surface area contributed by atoms with Crippen molar-refractivity contribution >= 4 is 27.3 Å². The lowest BCUT2D eigenvalue weighted by atomic mass is 10.1. The van der Waals surface area contributed by atoms with Gasteiger partial charge in [0, 0.05) is 43.1 Å². The molecular weight excluding hydrogens is 388 g/mol. The van der Waals surface area contributed by atoms with Gasteiger partial charge in [0.25, 0.3) is 5.91 Å². The van der Waals surface area contributed by atoms with Gasteiger partial charge >= 0.3 is 0 Å². The Morgan fingerprint density at radius 2 is 1.69 bits per heavy atom. The molecular formula is C22H26N2O4S. The molecule has 2 amide bonds. The van der Waals surface area contributed by atoms with E-state index in [4.69, 9.17) is 0 Å². The van der Waals surface area contributed by atoms with E-state index in [1.165, 1.54) is 12.1 Å². The molecule has 0 aliphatic carbocycles. The minimum atomic E-state index is -3.29. The average molecular weight is 415 g/mol. The Hall–Kier alpha value is -2.67. The van der Waals surface area contributed by atoms with Crippen molar-refractivity contribution in [2.75, 3.05) is 17.7 Å². The minimum Gasteiger partial charge on any atom is -0.338 e. The smallest absolute Gasteiger partial charge is 0.258 e. The molecule has 1 fully saturated rings. The zero-order valence-corrected chi connectivity index (χ0v) is 17.8. The molecule has 154 valence electrons. The molecule has 0 spiro atoms. The highest BCUT2D eigenvalue weighted by Gasteiger charge is 2.22. The predicted octanol–water partition coefficient (Wildman–Crippen LogP) is 3.27. The lowest BCUT2D eigenvalue weighted by molar-refractivity contribution is -0.128. The van der Waals surface area contributed by atoms with Crippen LogP contribution in [0.2, 0.25) is 0 Å². The first-order valence-corrected chi connectivity index (χ1v) is 11.6. The lowest BCUT2D eigenvalue weighted by Gasteiger charge is -2.27. The van der Waals surface area contributed by atoms with Gasteiger partial charge in [-0.05, 0) is 62.2 Å². The van der Waals surface area contributed by atoms with Crippen LogP contribution in [0.25, 0.3) is 0 Å². The summed E-state index contributed by atoms with van der Waals surface area (Å²) in [5, 5.41) is 0. The van der Waals surface area contributed by atoms with E-state index in [0.29, 0.717) is 24.2 Å². The van der Waals surface area contributed by atoms with Gasteiger partial charge in [-0.1, -0.05) is 12.1 Å². The molecule has 1 heterocycles. The van der Waals surface area contributed by atoms with Gasteiger partial charge in [-0.25, -0.2) is 8.42 Å². The summed E-state index contributed by atoms with van der Waals surface area (Å²) in [6.45, 7) is 5.17. The SMILES string of the molecule is CC(C)N(C(=O)c1ccc(CN2CCCC2=O)cc1)c1ccc(S(C)(=O)=O)cc1. The third-order valence-corrected chi connectivity index (χ3v) is 6.15. The molecule has 1 aliphatic rings. The second-order valence-corrected chi connectivity index (χ2v) is 9.67. The van der Waals surface area contributed by atoms with Crippen molar-refractivity contribution in [2.45, 2.75) is 44.2 Å². The monoisotopic (exact) mass is 414 g/mol. The Morgan fingerprint density at radius 1 is 1.07 bits per heavy atom. The molecule has 2 aromatic rings. The molecule has 0 aromatic heterocycles. The Kier molecular flexibility index (Phi) is 6.07. The summed E-state index contributed by atoms with van der Waals surface area (Å²) < 4.78 is 23.3. The fraction of sp³-hybridized carbons (Fsp3) is 0.364. The number of hydrogen-bond donors (Lipinski definition) is 0. The van der Waals surface area contributed by atoms with Crippen LogP contribution in [0.3, 0.4) is 0 Å². The topological polar surface area (TPSA) is 74.8 Å². The van der Waals surface area contributed by atoms with Crippen LogP contribution in [-0.2, 0) is 21.2 Å².